The molecule has 0 aromatic rings. The van der Waals surface area contributed by atoms with Crippen LogP contribution in [0.3, 0.4) is 0 Å². The van der Waals surface area contributed by atoms with Gasteiger partial charge in [-0.05, 0) is 6.42 Å². The molecule has 0 radical (unpaired) electrons. The molecule has 0 aliphatic rings. The molecule has 0 bridgehead atoms. The smallest absolute Gasteiger partial charge is 0.0701 e. The van der Waals surface area contributed by atoms with Crippen molar-refractivity contribution in [1.29, 1.82) is 0 Å². The highest BCUT2D eigenvalue weighted by molar-refractivity contribution is 14.1. The zero-order valence-electron chi connectivity index (χ0n) is 15.1. The lowest BCUT2D eigenvalue weighted by Crippen LogP contribution is -2.14. The van der Waals surface area contributed by atoms with Crippen LogP contribution >= 0.6 is 22.6 Å². The van der Waals surface area contributed by atoms with Crippen LogP contribution in [0.15, 0.2) is 0 Å². The number of hydrogen-bond acceptors (Lipinski definition) is 6. The second-order valence-electron chi connectivity index (χ2n) is 5.07. The molecular formula is C17H35IO6. The standard InChI is InChI=1S/C17H35IO6/c1-2-3-4-6-19-8-10-21-12-14-23-16-17-24-15-13-22-11-9-20-7-5-18/h2-17H2,1H3. The quantitative estimate of drug-likeness (QED) is 0.149. The Kier molecular flexibility index (Phi) is 24.0. The highest BCUT2D eigenvalue weighted by Crippen LogP contribution is 1.93. The predicted octanol–water partition coefficient (Wildman–Crippen LogP) is 2.71. The van der Waals surface area contributed by atoms with Crippen molar-refractivity contribution in [2.75, 3.05) is 83.7 Å². The maximum atomic E-state index is 5.45. The van der Waals surface area contributed by atoms with Gasteiger partial charge in [-0.3, -0.25) is 0 Å². The number of ether oxygens (including phenoxy) is 6. The van der Waals surface area contributed by atoms with Crippen LogP contribution in [-0.2, 0) is 28.4 Å². The molecular weight excluding hydrogens is 427 g/mol. The Morgan fingerprint density at radius 3 is 1.12 bits per heavy atom. The van der Waals surface area contributed by atoms with Crippen molar-refractivity contribution in [3.05, 3.63) is 0 Å². The summed E-state index contributed by atoms with van der Waals surface area (Å²) in [6, 6.07) is 0. The monoisotopic (exact) mass is 462 g/mol. The highest BCUT2D eigenvalue weighted by atomic mass is 127. The fourth-order valence-electron chi connectivity index (χ4n) is 1.71. The van der Waals surface area contributed by atoms with Gasteiger partial charge in [0.1, 0.15) is 0 Å². The molecule has 0 aliphatic heterocycles. The van der Waals surface area contributed by atoms with Crippen molar-refractivity contribution in [3.8, 4) is 0 Å². The SMILES string of the molecule is CCCCCOCCOCCOCCOCCOCCOCCI. The van der Waals surface area contributed by atoms with Crippen LogP contribution in [0.25, 0.3) is 0 Å². The molecule has 0 saturated carbocycles. The number of hydrogen-bond donors (Lipinski definition) is 0. The number of alkyl halides is 1. The first-order valence-corrected chi connectivity index (χ1v) is 10.5. The summed E-state index contributed by atoms with van der Waals surface area (Å²) in [5.41, 5.74) is 0. The molecule has 0 heterocycles. The topological polar surface area (TPSA) is 55.4 Å². The Morgan fingerprint density at radius 1 is 0.458 bits per heavy atom. The van der Waals surface area contributed by atoms with E-state index in [0.29, 0.717) is 66.1 Å². The molecule has 0 atom stereocenters. The van der Waals surface area contributed by atoms with Crippen LogP contribution in [0, 0.1) is 0 Å². The predicted molar refractivity (Wildman–Crippen MR) is 103 cm³/mol. The molecule has 0 N–H and O–H groups in total. The third kappa shape index (κ3) is 22.5. The average Bonchev–Trinajstić information content (AvgIpc) is 2.60. The summed E-state index contributed by atoms with van der Waals surface area (Å²) in [6.07, 6.45) is 3.59. The van der Waals surface area contributed by atoms with Crippen LogP contribution in [0.5, 0.6) is 0 Å². The van der Waals surface area contributed by atoms with Crippen LogP contribution < -0.4 is 0 Å². The molecule has 0 aliphatic carbocycles. The van der Waals surface area contributed by atoms with Gasteiger partial charge in [-0.25, -0.2) is 0 Å². The van der Waals surface area contributed by atoms with Crippen LogP contribution in [0.1, 0.15) is 26.2 Å². The van der Waals surface area contributed by atoms with E-state index in [-0.39, 0.29) is 0 Å². The van der Waals surface area contributed by atoms with E-state index >= 15 is 0 Å². The lowest BCUT2D eigenvalue weighted by atomic mass is 10.3. The zero-order chi connectivity index (χ0) is 17.6. The lowest BCUT2D eigenvalue weighted by molar-refractivity contribution is -0.0161. The number of rotatable bonds is 21. The van der Waals surface area contributed by atoms with Gasteiger partial charge in [0, 0.05) is 11.0 Å². The molecule has 0 amide bonds. The first-order valence-electron chi connectivity index (χ1n) is 8.94. The summed E-state index contributed by atoms with van der Waals surface area (Å²) in [7, 11) is 0. The molecule has 0 saturated heterocycles. The Hall–Kier alpha value is 0.490. The van der Waals surface area contributed by atoms with Gasteiger partial charge in [-0.15, -0.1) is 0 Å². The Bertz CT molecular complexity index is 199. The first-order chi connectivity index (χ1) is 11.9. The molecule has 146 valence electrons. The van der Waals surface area contributed by atoms with Gasteiger partial charge >= 0.3 is 0 Å². The van der Waals surface area contributed by atoms with Gasteiger partial charge in [0.2, 0.25) is 0 Å². The van der Waals surface area contributed by atoms with E-state index in [4.69, 9.17) is 28.4 Å². The third-order valence-corrected chi connectivity index (χ3v) is 3.41. The van der Waals surface area contributed by atoms with Gasteiger partial charge in [0.15, 0.2) is 0 Å². The maximum Gasteiger partial charge on any atom is 0.0701 e. The second-order valence-corrected chi connectivity index (χ2v) is 6.15. The van der Waals surface area contributed by atoms with Gasteiger partial charge in [0.25, 0.3) is 0 Å². The Labute approximate surface area is 161 Å². The zero-order valence-corrected chi connectivity index (χ0v) is 17.3. The fraction of sp³-hybridized carbons (Fsp3) is 1.00. The van der Waals surface area contributed by atoms with Crippen molar-refractivity contribution in [3.63, 3.8) is 0 Å². The number of halogens is 1. The largest absolute Gasteiger partial charge is 0.379 e. The molecule has 24 heavy (non-hydrogen) atoms. The number of unbranched alkanes of at least 4 members (excludes halogenated alkanes) is 2. The summed E-state index contributed by atoms with van der Waals surface area (Å²) < 4.78 is 33.4. The fourth-order valence-corrected chi connectivity index (χ4v) is 2.02. The second kappa shape index (κ2) is 23.5. The Morgan fingerprint density at radius 2 is 0.792 bits per heavy atom. The minimum atomic E-state index is 0.579. The molecule has 0 aromatic heterocycles. The molecule has 7 heteroatoms. The van der Waals surface area contributed by atoms with E-state index in [1.165, 1.54) is 12.8 Å². The van der Waals surface area contributed by atoms with Crippen LogP contribution in [0.4, 0.5) is 0 Å². The molecule has 0 rings (SSSR count). The van der Waals surface area contributed by atoms with E-state index in [0.717, 1.165) is 24.1 Å². The minimum Gasteiger partial charge on any atom is -0.379 e. The summed E-state index contributed by atoms with van der Waals surface area (Å²) in [6.45, 7) is 9.89. The Balaban J connectivity index is 2.93. The van der Waals surface area contributed by atoms with Gasteiger partial charge in [-0.1, -0.05) is 42.4 Å². The molecule has 0 unspecified atom stereocenters. The van der Waals surface area contributed by atoms with Crippen molar-refractivity contribution in [2.24, 2.45) is 0 Å². The minimum absolute atomic E-state index is 0.579. The van der Waals surface area contributed by atoms with E-state index in [2.05, 4.69) is 29.5 Å². The van der Waals surface area contributed by atoms with E-state index in [9.17, 15) is 0 Å². The molecule has 0 fully saturated rings. The van der Waals surface area contributed by atoms with E-state index in [1.54, 1.807) is 0 Å². The molecule has 6 nitrogen and oxygen atoms in total. The van der Waals surface area contributed by atoms with Crippen molar-refractivity contribution in [2.45, 2.75) is 26.2 Å². The normalized spacial score (nSPS) is 11.2. The van der Waals surface area contributed by atoms with E-state index < -0.39 is 0 Å². The molecule has 0 aromatic carbocycles. The van der Waals surface area contributed by atoms with Crippen LogP contribution in [-0.4, -0.2) is 83.7 Å². The van der Waals surface area contributed by atoms with Crippen LogP contribution in [0.2, 0.25) is 0 Å². The lowest BCUT2D eigenvalue weighted by Gasteiger charge is -2.08. The summed E-state index contributed by atoms with van der Waals surface area (Å²) in [4.78, 5) is 0. The highest BCUT2D eigenvalue weighted by Gasteiger charge is 1.94. The van der Waals surface area contributed by atoms with Crippen molar-refractivity contribution in [1.82, 2.24) is 0 Å². The van der Waals surface area contributed by atoms with Gasteiger partial charge < -0.3 is 28.4 Å². The summed E-state index contributed by atoms with van der Waals surface area (Å²) in [5.74, 6) is 0. The third-order valence-electron chi connectivity index (χ3n) is 2.97. The van der Waals surface area contributed by atoms with Crippen molar-refractivity contribution < 1.29 is 28.4 Å². The average molecular weight is 462 g/mol. The van der Waals surface area contributed by atoms with Gasteiger partial charge in [-0.2, -0.15) is 0 Å². The first kappa shape index (κ1) is 24.5. The summed E-state index contributed by atoms with van der Waals surface area (Å²) in [5, 5.41) is 0. The summed E-state index contributed by atoms with van der Waals surface area (Å²) >= 11 is 2.28. The molecule has 0 spiro atoms. The van der Waals surface area contributed by atoms with Gasteiger partial charge in [0.05, 0.1) is 72.7 Å². The van der Waals surface area contributed by atoms with E-state index in [1.807, 2.05) is 0 Å². The van der Waals surface area contributed by atoms with Crippen molar-refractivity contribution >= 4 is 22.6 Å². The maximum absolute atomic E-state index is 5.45.